The van der Waals surface area contributed by atoms with E-state index in [1.807, 2.05) is 0 Å². The van der Waals surface area contributed by atoms with Crippen LogP contribution >= 0.6 is 0 Å². The molecule has 3 fully saturated rings. The minimum atomic E-state index is -3.89. The second-order valence-corrected chi connectivity index (χ2v) is 17.6. The topological polar surface area (TPSA) is 111 Å². The van der Waals surface area contributed by atoms with Gasteiger partial charge in [-0.15, -0.1) is 0 Å². The molecule has 6 rings (SSSR count). The molecule has 0 amide bonds. The van der Waals surface area contributed by atoms with Crippen molar-refractivity contribution in [1.82, 2.24) is 0 Å². The Morgan fingerprint density at radius 1 is 0.958 bits per heavy atom. The van der Waals surface area contributed by atoms with E-state index in [4.69, 9.17) is 9.28 Å². The average Bonchev–Trinajstić information content (AvgIpc) is 3.41. The minimum absolute atomic E-state index is 0.00594. The van der Waals surface area contributed by atoms with Gasteiger partial charge in [-0.3, -0.25) is 19.7 Å². The van der Waals surface area contributed by atoms with Gasteiger partial charge in [-0.1, -0.05) is 89.8 Å². The van der Waals surface area contributed by atoms with Crippen molar-refractivity contribution in [3.8, 4) is 0 Å². The van der Waals surface area contributed by atoms with Gasteiger partial charge in [0.1, 0.15) is 5.69 Å². The van der Waals surface area contributed by atoms with Crippen LogP contribution in [0, 0.1) is 56.5 Å². The molecule has 8 nitrogen and oxygen atoms in total. The number of fused-ring (bicyclic) bond motifs is 5. The first kappa shape index (κ1) is 34.8. The Balaban J connectivity index is 1.33. The predicted molar refractivity (Wildman–Crippen MR) is 191 cm³/mol. The summed E-state index contributed by atoms with van der Waals surface area (Å²) in [6.45, 7) is 12.0. The molecule has 2 aromatic carbocycles. The van der Waals surface area contributed by atoms with Crippen molar-refractivity contribution in [2.24, 2.45) is 51.4 Å². The first-order valence-corrected chi connectivity index (χ1v) is 19.5. The van der Waals surface area contributed by atoms with Gasteiger partial charge >= 0.3 is 0 Å². The van der Waals surface area contributed by atoms with Gasteiger partial charge in [0, 0.05) is 12.0 Å². The van der Waals surface area contributed by atoms with Gasteiger partial charge in [0.15, 0.2) is 0 Å². The van der Waals surface area contributed by atoms with Crippen LogP contribution in [0.5, 0.6) is 0 Å². The number of hydrazone groups is 1. The lowest BCUT2D eigenvalue weighted by molar-refractivity contribution is -0.384. The van der Waals surface area contributed by atoms with Gasteiger partial charge in [-0.25, -0.2) is 0 Å². The number of nitrogens with one attached hydrogen (secondary N) is 1. The third-order valence-corrected chi connectivity index (χ3v) is 14.2. The Morgan fingerprint density at radius 2 is 1.69 bits per heavy atom. The SMILES string of the molecule is CC(C)CCC[C@@H](C)[C@H]1CC[C@H]2[C@@H]3/C(=N\Nc4ccccc4[N+](=O)[O-])C=C4C[C@@H](OS(=O)(=O)c5ccccc5)CC[C@]4(C)[C@H]3CC[C@]12C. The van der Waals surface area contributed by atoms with E-state index in [9.17, 15) is 18.5 Å². The molecule has 260 valence electrons. The Labute approximate surface area is 287 Å². The average molecular weight is 676 g/mol. The second-order valence-electron chi connectivity index (χ2n) is 16.0. The van der Waals surface area contributed by atoms with E-state index >= 15 is 0 Å². The van der Waals surface area contributed by atoms with Crippen LogP contribution < -0.4 is 5.43 Å². The zero-order valence-electron chi connectivity index (χ0n) is 29.2. The highest BCUT2D eigenvalue weighted by Crippen LogP contribution is 2.67. The molecule has 0 radical (unpaired) electrons. The van der Waals surface area contributed by atoms with E-state index in [1.165, 1.54) is 50.2 Å². The molecule has 2 aromatic rings. The van der Waals surface area contributed by atoms with E-state index < -0.39 is 16.2 Å². The fraction of sp³-hybridized carbons (Fsp3) is 0.615. The van der Waals surface area contributed by atoms with Crippen LogP contribution in [0.25, 0.3) is 0 Å². The molecule has 4 aliphatic rings. The zero-order valence-corrected chi connectivity index (χ0v) is 30.0. The van der Waals surface area contributed by atoms with Crippen LogP contribution in [0.1, 0.15) is 98.8 Å². The van der Waals surface area contributed by atoms with Crippen molar-refractivity contribution in [1.29, 1.82) is 0 Å². The number of nitro groups is 1. The number of anilines is 1. The largest absolute Gasteiger partial charge is 0.297 e. The fourth-order valence-electron chi connectivity index (χ4n) is 10.3. The first-order chi connectivity index (χ1) is 22.8. The maximum atomic E-state index is 13.2. The van der Waals surface area contributed by atoms with Crippen LogP contribution in [-0.4, -0.2) is 25.2 Å². The number of benzene rings is 2. The Morgan fingerprint density at radius 3 is 2.42 bits per heavy atom. The van der Waals surface area contributed by atoms with Crippen molar-refractivity contribution >= 4 is 27.2 Å². The number of nitro benzene ring substituents is 1. The lowest BCUT2D eigenvalue weighted by Gasteiger charge is -2.58. The van der Waals surface area contributed by atoms with Crippen LogP contribution in [0.4, 0.5) is 11.4 Å². The van der Waals surface area contributed by atoms with Crippen LogP contribution in [0.2, 0.25) is 0 Å². The Hall–Kier alpha value is -3.04. The molecule has 0 heterocycles. The third-order valence-electron chi connectivity index (χ3n) is 12.8. The molecule has 0 spiro atoms. The first-order valence-electron chi connectivity index (χ1n) is 18.1. The van der Waals surface area contributed by atoms with Crippen molar-refractivity contribution < 1.29 is 17.5 Å². The zero-order chi connectivity index (χ0) is 34.3. The summed E-state index contributed by atoms with van der Waals surface area (Å²) in [5.74, 6) is 3.14. The van der Waals surface area contributed by atoms with Crippen molar-refractivity contribution in [2.45, 2.75) is 110 Å². The summed E-state index contributed by atoms with van der Waals surface area (Å²) in [7, 11) is -3.89. The normalized spacial score (nSPS) is 33.0. The number of hydrogen-bond acceptors (Lipinski definition) is 7. The molecular formula is C39H53N3O5S. The third kappa shape index (κ3) is 6.61. The molecule has 4 aliphatic carbocycles. The van der Waals surface area contributed by atoms with Gasteiger partial charge in [0.05, 0.1) is 21.6 Å². The predicted octanol–water partition coefficient (Wildman–Crippen LogP) is 9.79. The minimum Gasteiger partial charge on any atom is -0.271 e. The van der Waals surface area contributed by atoms with Gasteiger partial charge in [0.25, 0.3) is 15.8 Å². The number of nitrogens with zero attached hydrogens (tertiary/aromatic N) is 2. The number of allylic oxidation sites excluding steroid dienone is 1. The van der Waals surface area contributed by atoms with Crippen LogP contribution in [0.15, 0.2) is 76.2 Å². The Kier molecular flexibility index (Phi) is 9.93. The molecule has 1 N–H and O–H groups in total. The highest BCUT2D eigenvalue weighted by molar-refractivity contribution is 7.86. The molecule has 0 aliphatic heterocycles. The van der Waals surface area contributed by atoms with Crippen LogP contribution in [0.3, 0.4) is 0 Å². The quantitative estimate of drug-likeness (QED) is 0.144. The molecule has 0 unspecified atom stereocenters. The maximum Gasteiger partial charge on any atom is 0.297 e. The van der Waals surface area contributed by atoms with E-state index in [0.717, 1.165) is 24.5 Å². The van der Waals surface area contributed by atoms with Gasteiger partial charge in [-0.05, 0) is 110 Å². The molecule has 0 bridgehead atoms. The molecule has 8 atom stereocenters. The summed E-state index contributed by atoms with van der Waals surface area (Å²) in [6.07, 6.45) is 12.3. The summed E-state index contributed by atoms with van der Waals surface area (Å²) in [4.78, 5) is 11.6. The monoisotopic (exact) mass is 675 g/mol. The summed E-state index contributed by atoms with van der Waals surface area (Å²) in [5.41, 5.74) is 5.75. The summed E-state index contributed by atoms with van der Waals surface area (Å²) < 4.78 is 32.3. The van der Waals surface area contributed by atoms with E-state index in [1.54, 1.807) is 48.5 Å². The summed E-state index contributed by atoms with van der Waals surface area (Å²) >= 11 is 0. The highest BCUT2D eigenvalue weighted by atomic mass is 32.2. The highest BCUT2D eigenvalue weighted by Gasteiger charge is 2.61. The molecule has 0 saturated heterocycles. The fourth-order valence-corrected chi connectivity index (χ4v) is 11.4. The van der Waals surface area contributed by atoms with E-state index in [-0.39, 0.29) is 32.3 Å². The number of rotatable bonds is 11. The number of para-hydroxylation sites is 2. The lowest BCUT2D eigenvalue weighted by Crippen LogP contribution is -2.54. The van der Waals surface area contributed by atoms with E-state index in [2.05, 4.69) is 46.1 Å². The van der Waals surface area contributed by atoms with Gasteiger partial charge < -0.3 is 0 Å². The van der Waals surface area contributed by atoms with E-state index in [0.29, 0.717) is 42.2 Å². The van der Waals surface area contributed by atoms with Gasteiger partial charge in [0.2, 0.25) is 0 Å². The maximum absolute atomic E-state index is 13.2. The van der Waals surface area contributed by atoms with Crippen molar-refractivity contribution in [3.63, 3.8) is 0 Å². The summed E-state index contributed by atoms with van der Waals surface area (Å²) in [5, 5.41) is 16.8. The Bertz CT molecular complexity index is 1660. The van der Waals surface area contributed by atoms with Crippen molar-refractivity contribution in [3.05, 3.63) is 76.4 Å². The molecule has 0 aromatic heterocycles. The molecule has 48 heavy (non-hydrogen) atoms. The summed E-state index contributed by atoms with van der Waals surface area (Å²) in [6, 6.07) is 15.0. The molecule has 3 saturated carbocycles. The standard InChI is InChI=1S/C39H53N3O5S/c1-26(2)12-11-13-27(3)31-18-19-32-37-33(21-23-39(31,32)5)38(4)22-20-29(47-48(45,46)30-14-7-6-8-15-30)24-28(38)25-35(37)41-40-34-16-9-10-17-36(34)42(43)44/h6-10,14-17,25-27,29,31-33,37,40H,11-13,18-24H2,1-5H3/b41-35-/t27-,29+,31-,32+,33+,37+,38+,39-/m1/s1. The second kappa shape index (κ2) is 13.7. The van der Waals surface area contributed by atoms with Crippen molar-refractivity contribution in [2.75, 3.05) is 5.43 Å². The molecule has 9 heteroatoms. The lowest BCUT2D eigenvalue weighted by atomic mass is 9.46. The van der Waals surface area contributed by atoms with Crippen LogP contribution in [-0.2, 0) is 14.3 Å². The smallest absolute Gasteiger partial charge is 0.271 e. The number of hydrogen-bond donors (Lipinski definition) is 1. The molecular weight excluding hydrogens is 623 g/mol. The van der Waals surface area contributed by atoms with Gasteiger partial charge in [-0.2, -0.15) is 13.5 Å².